The Hall–Kier alpha value is -2.88. The average Bonchev–Trinajstić information content (AvgIpc) is 2.92. The van der Waals surface area contributed by atoms with Crippen molar-refractivity contribution in [3.05, 3.63) is 60.8 Å². The summed E-state index contributed by atoms with van der Waals surface area (Å²) in [7, 11) is 1.66. The summed E-state index contributed by atoms with van der Waals surface area (Å²) < 4.78 is 7.18. The molecule has 4 heteroatoms. The number of aromatic nitrogens is 3. The van der Waals surface area contributed by atoms with E-state index in [4.69, 9.17) is 4.74 Å². The monoisotopic (exact) mass is 275 g/mol. The highest BCUT2D eigenvalue weighted by Gasteiger charge is 2.07. The van der Waals surface area contributed by atoms with E-state index in [0.717, 1.165) is 28.0 Å². The van der Waals surface area contributed by atoms with Crippen LogP contribution in [-0.4, -0.2) is 21.5 Å². The summed E-state index contributed by atoms with van der Waals surface area (Å²) >= 11 is 0. The lowest BCUT2D eigenvalue weighted by atomic mass is 10.1. The van der Waals surface area contributed by atoms with E-state index in [1.807, 2.05) is 65.2 Å². The average molecular weight is 275 g/mol. The van der Waals surface area contributed by atoms with Gasteiger partial charge in [0.2, 0.25) is 5.78 Å². The Morgan fingerprint density at radius 1 is 0.905 bits per heavy atom. The van der Waals surface area contributed by atoms with Crippen molar-refractivity contribution < 1.29 is 4.74 Å². The maximum absolute atomic E-state index is 5.18. The molecule has 0 atom stereocenters. The Labute approximate surface area is 121 Å². The van der Waals surface area contributed by atoms with Crippen molar-refractivity contribution in [2.24, 2.45) is 0 Å². The van der Waals surface area contributed by atoms with Crippen molar-refractivity contribution in [3.8, 4) is 17.0 Å². The van der Waals surface area contributed by atoms with Crippen LogP contribution in [0.15, 0.2) is 60.8 Å². The number of ether oxygens (including phenoxy) is 1. The van der Waals surface area contributed by atoms with Crippen LogP contribution in [0.4, 0.5) is 0 Å². The minimum Gasteiger partial charge on any atom is -0.497 e. The number of rotatable bonds is 2. The lowest BCUT2D eigenvalue weighted by Gasteiger charge is -2.03. The van der Waals surface area contributed by atoms with Crippen molar-refractivity contribution in [1.29, 1.82) is 0 Å². The Morgan fingerprint density at radius 3 is 2.52 bits per heavy atom. The summed E-state index contributed by atoms with van der Waals surface area (Å²) in [5, 5.41) is 0. The first-order valence-electron chi connectivity index (χ1n) is 6.73. The van der Waals surface area contributed by atoms with Crippen molar-refractivity contribution in [1.82, 2.24) is 14.4 Å². The number of nitrogens with zero attached hydrogens (tertiary/aromatic N) is 3. The van der Waals surface area contributed by atoms with Gasteiger partial charge in [0.05, 0.1) is 23.8 Å². The quantitative estimate of drug-likeness (QED) is 0.561. The zero-order valence-electron chi connectivity index (χ0n) is 11.5. The summed E-state index contributed by atoms with van der Waals surface area (Å²) in [6.07, 6.45) is 2.01. The Kier molecular flexibility index (Phi) is 2.60. The topological polar surface area (TPSA) is 39.4 Å². The fourth-order valence-electron chi connectivity index (χ4n) is 2.47. The van der Waals surface area contributed by atoms with Gasteiger partial charge in [0, 0.05) is 11.8 Å². The van der Waals surface area contributed by atoms with Crippen molar-refractivity contribution in [2.45, 2.75) is 0 Å². The number of benzene rings is 2. The van der Waals surface area contributed by atoms with E-state index in [1.54, 1.807) is 7.11 Å². The SMILES string of the molecule is COc1ccc(-c2ccn3c(n2)nc2ccccc23)cc1. The van der Waals surface area contributed by atoms with E-state index in [-0.39, 0.29) is 0 Å². The first-order valence-corrected chi connectivity index (χ1v) is 6.73. The first-order chi connectivity index (χ1) is 10.3. The largest absolute Gasteiger partial charge is 0.497 e. The normalized spacial score (nSPS) is 11.1. The minimum absolute atomic E-state index is 0.713. The zero-order chi connectivity index (χ0) is 14.2. The third-order valence-electron chi connectivity index (χ3n) is 3.56. The smallest absolute Gasteiger partial charge is 0.235 e. The molecule has 4 nitrogen and oxygen atoms in total. The van der Waals surface area contributed by atoms with Crippen LogP contribution in [0.1, 0.15) is 0 Å². The minimum atomic E-state index is 0.713. The van der Waals surface area contributed by atoms with Crippen LogP contribution in [0.25, 0.3) is 28.1 Å². The number of hydrogen-bond donors (Lipinski definition) is 0. The molecule has 0 saturated heterocycles. The van der Waals surface area contributed by atoms with Gasteiger partial charge in [0.1, 0.15) is 5.75 Å². The Bertz CT molecular complexity index is 926. The molecule has 0 bridgehead atoms. The second-order valence-corrected chi connectivity index (χ2v) is 4.81. The van der Waals surface area contributed by atoms with Gasteiger partial charge in [-0.05, 0) is 42.5 Å². The van der Waals surface area contributed by atoms with Crippen LogP contribution in [0.3, 0.4) is 0 Å². The molecule has 0 aliphatic rings. The summed E-state index contributed by atoms with van der Waals surface area (Å²) in [5.41, 5.74) is 3.98. The van der Waals surface area contributed by atoms with Crippen LogP contribution >= 0.6 is 0 Å². The fraction of sp³-hybridized carbons (Fsp3) is 0.0588. The van der Waals surface area contributed by atoms with Crippen LogP contribution in [-0.2, 0) is 0 Å². The molecule has 0 unspecified atom stereocenters. The van der Waals surface area contributed by atoms with E-state index < -0.39 is 0 Å². The zero-order valence-corrected chi connectivity index (χ0v) is 11.5. The number of para-hydroxylation sites is 2. The predicted molar refractivity (Wildman–Crippen MR) is 82.5 cm³/mol. The van der Waals surface area contributed by atoms with Crippen LogP contribution in [0.2, 0.25) is 0 Å². The molecule has 0 N–H and O–H groups in total. The van der Waals surface area contributed by atoms with Crippen molar-refractivity contribution >= 4 is 16.8 Å². The van der Waals surface area contributed by atoms with Crippen LogP contribution in [0, 0.1) is 0 Å². The molecular formula is C17H13N3O. The summed E-state index contributed by atoms with van der Waals surface area (Å²) in [5.74, 6) is 1.55. The van der Waals surface area contributed by atoms with Gasteiger partial charge in [-0.15, -0.1) is 0 Å². The van der Waals surface area contributed by atoms with Crippen molar-refractivity contribution in [2.75, 3.05) is 7.11 Å². The molecule has 2 aromatic carbocycles. The summed E-state index contributed by atoms with van der Waals surface area (Å²) in [6, 6.07) is 17.9. The van der Waals surface area contributed by atoms with Crippen LogP contribution in [0.5, 0.6) is 5.75 Å². The number of fused-ring (bicyclic) bond motifs is 3. The lowest BCUT2D eigenvalue weighted by molar-refractivity contribution is 0.415. The lowest BCUT2D eigenvalue weighted by Crippen LogP contribution is -1.91. The highest BCUT2D eigenvalue weighted by Crippen LogP contribution is 2.22. The van der Waals surface area contributed by atoms with Gasteiger partial charge in [-0.2, -0.15) is 0 Å². The molecule has 2 aromatic heterocycles. The van der Waals surface area contributed by atoms with Gasteiger partial charge in [0.15, 0.2) is 0 Å². The second kappa shape index (κ2) is 4.59. The number of imidazole rings is 1. The molecule has 0 amide bonds. The molecule has 102 valence electrons. The highest BCUT2D eigenvalue weighted by molar-refractivity contribution is 5.79. The first kappa shape index (κ1) is 11.9. The third kappa shape index (κ3) is 1.92. The maximum atomic E-state index is 5.18. The van der Waals surface area contributed by atoms with Gasteiger partial charge in [-0.3, -0.25) is 4.40 Å². The van der Waals surface area contributed by atoms with Gasteiger partial charge >= 0.3 is 0 Å². The molecule has 0 saturated carbocycles. The number of methoxy groups -OCH3 is 1. The standard InChI is InChI=1S/C17H13N3O/c1-21-13-8-6-12(7-9-13)14-10-11-20-16-5-3-2-4-15(16)19-17(20)18-14/h2-11H,1H3. The molecule has 2 heterocycles. The van der Waals surface area contributed by atoms with E-state index in [1.165, 1.54) is 0 Å². The maximum Gasteiger partial charge on any atom is 0.235 e. The summed E-state index contributed by atoms with van der Waals surface area (Å²) in [4.78, 5) is 9.21. The molecule has 4 rings (SSSR count). The second-order valence-electron chi connectivity index (χ2n) is 4.81. The summed E-state index contributed by atoms with van der Waals surface area (Å²) in [6.45, 7) is 0. The van der Waals surface area contributed by atoms with Crippen molar-refractivity contribution in [3.63, 3.8) is 0 Å². The van der Waals surface area contributed by atoms with E-state index in [0.29, 0.717) is 5.78 Å². The molecule has 0 radical (unpaired) electrons. The van der Waals surface area contributed by atoms with Gasteiger partial charge < -0.3 is 4.74 Å². The molecule has 0 spiro atoms. The van der Waals surface area contributed by atoms with E-state index in [9.17, 15) is 0 Å². The number of hydrogen-bond acceptors (Lipinski definition) is 3. The predicted octanol–water partition coefficient (Wildman–Crippen LogP) is 3.56. The highest BCUT2D eigenvalue weighted by atomic mass is 16.5. The molecule has 21 heavy (non-hydrogen) atoms. The van der Waals surface area contributed by atoms with Crippen LogP contribution < -0.4 is 4.74 Å². The molecule has 4 aromatic rings. The van der Waals surface area contributed by atoms with E-state index in [2.05, 4.69) is 9.97 Å². The van der Waals surface area contributed by atoms with Gasteiger partial charge in [-0.25, -0.2) is 9.97 Å². The Morgan fingerprint density at radius 2 is 1.71 bits per heavy atom. The fourth-order valence-corrected chi connectivity index (χ4v) is 2.47. The Balaban J connectivity index is 1.87. The third-order valence-corrected chi connectivity index (χ3v) is 3.56. The van der Waals surface area contributed by atoms with Gasteiger partial charge in [0.25, 0.3) is 0 Å². The van der Waals surface area contributed by atoms with E-state index >= 15 is 0 Å². The molecule has 0 aliphatic carbocycles. The van der Waals surface area contributed by atoms with Gasteiger partial charge in [-0.1, -0.05) is 12.1 Å². The molecule has 0 fully saturated rings. The molecule has 0 aliphatic heterocycles. The molecular weight excluding hydrogens is 262 g/mol.